The van der Waals surface area contributed by atoms with E-state index < -0.39 is 28.3 Å². The van der Waals surface area contributed by atoms with Crippen LogP contribution in [0, 0.1) is 5.82 Å². The smallest absolute Gasteiger partial charge is 0.264 e. The third-order valence-electron chi connectivity index (χ3n) is 4.23. The van der Waals surface area contributed by atoms with Crippen LogP contribution in [0.4, 0.5) is 10.1 Å². The molecule has 1 saturated heterocycles. The van der Waals surface area contributed by atoms with Crippen molar-refractivity contribution < 1.29 is 27.1 Å². The lowest BCUT2D eigenvalue weighted by atomic mass is 10.3. The molecule has 156 valence electrons. The van der Waals surface area contributed by atoms with E-state index in [1.54, 1.807) is 4.90 Å². The van der Waals surface area contributed by atoms with Crippen LogP contribution in [0.3, 0.4) is 0 Å². The molecular formula is C18H20FN3O5S2. The molecule has 0 spiro atoms. The topological polar surface area (TPSA) is 96.0 Å². The molecule has 1 N–H and O–H groups in total. The standard InChI is InChI=1S/C18H20FN3O5S2/c1-21(12-16(23)20-14-4-2-3-13(19)11-14)29(25,26)17-6-5-15(28-17)18(24)22-7-9-27-10-8-22/h2-6,11H,7-10,12H2,1H3,(H,20,23). The van der Waals surface area contributed by atoms with Crippen molar-refractivity contribution in [3.05, 3.63) is 47.1 Å². The van der Waals surface area contributed by atoms with Crippen molar-refractivity contribution in [1.29, 1.82) is 0 Å². The van der Waals surface area contributed by atoms with Gasteiger partial charge in [0.2, 0.25) is 5.91 Å². The summed E-state index contributed by atoms with van der Waals surface area (Å²) >= 11 is 0.860. The first-order chi connectivity index (χ1) is 13.8. The van der Waals surface area contributed by atoms with Gasteiger partial charge in [-0.25, -0.2) is 12.8 Å². The van der Waals surface area contributed by atoms with Gasteiger partial charge in [-0.05, 0) is 30.3 Å². The number of ether oxygens (including phenoxy) is 1. The van der Waals surface area contributed by atoms with Crippen molar-refractivity contribution in [3.63, 3.8) is 0 Å². The second-order valence-corrected chi connectivity index (χ2v) is 9.70. The number of carbonyl (C=O) groups is 2. The Bertz CT molecular complexity index is 1000. The zero-order valence-electron chi connectivity index (χ0n) is 15.6. The fourth-order valence-electron chi connectivity index (χ4n) is 2.70. The molecule has 0 bridgehead atoms. The number of likely N-dealkylation sites (N-methyl/N-ethyl adjacent to an activating group) is 1. The summed E-state index contributed by atoms with van der Waals surface area (Å²) in [4.78, 5) is 26.5. The summed E-state index contributed by atoms with van der Waals surface area (Å²) in [5.74, 6) is -1.37. The van der Waals surface area contributed by atoms with Crippen LogP contribution in [-0.2, 0) is 19.6 Å². The Morgan fingerprint density at radius 2 is 1.97 bits per heavy atom. The third-order valence-corrected chi connectivity index (χ3v) is 7.57. The highest BCUT2D eigenvalue weighted by atomic mass is 32.2. The van der Waals surface area contributed by atoms with Crippen LogP contribution in [0.15, 0.2) is 40.6 Å². The van der Waals surface area contributed by atoms with E-state index in [0.29, 0.717) is 31.2 Å². The fourth-order valence-corrected chi connectivity index (χ4v) is 5.32. The normalized spacial score (nSPS) is 14.8. The Morgan fingerprint density at radius 1 is 1.24 bits per heavy atom. The van der Waals surface area contributed by atoms with Gasteiger partial charge in [0.15, 0.2) is 0 Å². The van der Waals surface area contributed by atoms with E-state index in [2.05, 4.69) is 5.32 Å². The Balaban J connectivity index is 1.65. The number of morpholine rings is 1. The van der Waals surface area contributed by atoms with E-state index >= 15 is 0 Å². The summed E-state index contributed by atoms with van der Waals surface area (Å²) in [6.45, 7) is 1.36. The number of hydrogen-bond donors (Lipinski definition) is 1. The highest BCUT2D eigenvalue weighted by molar-refractivity contribution is 7.91. The third kappa shape index (κ3) is 5.18. The summed E-state index contributed by atoms with van der Waals surface area (Å²) in [7, 11) is -2.69. The van der Waals surface area contributed by atoms with Gasteiger partial charge in [0.1, 0.15) is 10.0 Å². The summed E-state index contributed by atoms with van der Waals surface area (Å²) in [6.07, 6.45) is 0. The molecule has 0 unspecified atom stereocenters. The van der Waals surface area contributed by atoms with Gasteiger partial charge in [0.25, 0.3) is 15.9 Å². The van der Waals surface area contributed by atoms with Crippen LogP contribution in [0.1, 0.15) is 9.67 Å². The van der Waals surface area contributed by atoms with Gasteiger partial charge in [-0.1, -0.05) is 6.07 Å². The van der Waals surface area contributed by atoms with Crippen LogP contribution in [0.5, 0.6) is 0 Å². The van der Waals surface area contributed by atoms with Crippen molar-refractivity contribution in [1.82, 2.24) is 9.21 Å². The molecule has 3 rings (SSSR count). The zero-order chi connectivity index (χ0) is 21.0. The predicted molar refractivity (Wildman–Crippen MR) is 106 cm³/mol. The highest BCUT2D eigenvalue weighted by Crippen LogP contribution is 2.25. The first-order valence-corrected chi connectivity index (χ1v) is 11.0. The molecule has 0 saturated carbocycles. The minimum atomic E-state index is -3.96. The number of nitrogens with one attached hydrogen (secondary N) is 1. The number of benzene rings is 1. The number of thiophene rings is 1. The molecule has 2 aromatic rings. The maximum Gasteiger partial charge on any atom is 0.264 e. The fraction of sp³-hybridized carbons (Fsp3) is 0.333. The minimum absolute atomic E-state index is 0.0323. The SMILES string of the molecule is CN(CC(=O)Nc1cccc(F)c1)S(=O)(=O)c1ccc(C(=O)N2CCOCC2)s1. The summed E-state index contributed by atoms with van der Waals surface area (Å²) in [5, 5.41) is 2.45. The lowest BCUT2D eigenvalue weighted by molar-refractivity contribution is -0.116. The van der Waals surface area contributed by atoms with Crippen LogP contribution in [-0.4, -0.2) is 69.3 Å². The number of rotatable bonds is 6. The molecule has 2 amide bonds. The quantitative estimate of drug-likeness (QED) is 0.735. The molecule has 11 heteroatoms. The number of sulfonamides is 1. The molecule has 2 heterocycles. The Hall–Kier alpha value is -2.34. The number of nitrogens with zero attached hydrogens (tertiary/aromatic N) is 2. The minimum Gasteiger partial charge on any atom is -0.378 e. The van der Waals surface area contributed by atoms with Gasteiger partial charge in [-0.2, -0.15) is 4.31 Å². The Labute approximate surface area is 171 Å². The lowest BCUT2D eigenvalue weighted by Crippen LogP contribution is -2.40. The maximum atomic E-state index is 13.2. The zero-order valence-corrected chi connectivity index (χ0v) is 17.3. The first kappa shape index (κ1) is 21.4. The van der Waals surface area contributed by atoms with E-state index in [1.807, 2.05) is 0 Å². The summed E-state index contributed by atoms with van der Waals surface area (Å²) < 4.78 is 44.7. The first-order valence-electron chi connectivity index (χ1n) is 8.76. The molecule has 0 aliphatic carbocycles. The van der Waals surface area contributed by atoms with Crippen molar-refractivity contribution >= 4 is 38.9 Å². The second kappa shape index (κ2) is 8.99. The van der Waals surface area contributed by atoms with Crippen molar-refractivity contribution in [3.8, 4) is 0 Å². The largest absolute Gasteiger partial charge is 0.378 e. The van der Waals surface area contributed by atoms with Gasteiger partial charge < -0.3 is 15.0 Å². The Kier molecular flexibility index (Phi) is 6.63. The van der Waals surface area contributed by atoms with Crippen LogP contribution < -0.4 is 5.32 Å². The lowest BCUT2D eigenvalue weighted by Gasteiger charge is -2.26. The molecule has 1 aromatic carbocycles. The molecule has 1 aliphatic heterocycles. The second-order valence-electron chi connectivity index (χ2n) is 6.34. The average molecular weight is 442 g/mol. The van der Waals surface area contributed by atoms with Crippen molar-refractivity contribution in [2.45, 2.75) is 4.21 Å². The number of carbonyl (C=O) groups excluding carboxylic acids is 2. The van der Waals surface area contributed by atoms with Gasteiger partial charge in [0, 0.05) is 25.8 Å². The highest BCUT2D eigenvalue weighted by Gasteiger charge is 2.27. The Morgan fingerprint density at radius 3 is 2.66 bits per heavy atom. The summed E-state index contributed by atoms with van der Waals surface area (Å²) in [5.41, 5.74) is 0.232. The molecular weight excluding hydrogens is 421 g/mol. The van der Waals surface area contributed by atoms with E-state index in [1.165, 1.54) is 37.4 Å². The van der Waals surface area contributed by atoms with E-state index in [9.17, 15) is 22.4 Å². The summed E-state index contributed by atoms with van der Waals surface area (Å²) in [6, 6.07) is 8.13. The molecule has 1 fully saturated rings. The molecule has 1 aliphatic rings. The van der Waals surface area contributed by atoms with Crippen LogP contribution >= 0.6 is 11.3 Å². The van der Waals surface area contributed by atoms with Crippen molar-refractivity contribution in [2.24, 2.45) is 0 Å². The average Bonchev–Trinajstić information content (AvgIpc) is 3.19. The monoisotopic (exact) mass is 441 g/mol. The van der Waals surface area contributed by atoms with Gasteiger partial charge in [-0.15, -0.1) is 11.3 Å². The molecule has 8 nitrogen and oxygen atoms in total. The number of anilines is 1. The van der Waals surface area contributed by atoms with E-state index in [4.69, 9.17) is 4.74 Å². The molecule has 0 atom stereocenters. The van der Waals surface area contributed by atoms with E-state index in [-0.39, 0.29) is 15.8 Å². The molecule has 0 radical (unpaired) electrons. The van der Waals surface area contributed by atoms with Gasteiger partial charge >= 0.3 is 0 Å². The van der Waals surface area contributed by atoms with E-state index in [0.717, 1.165) is 21.7 Å². The number of hydrogen-bond acceptors (Lipinski definition) is 6. The number of halogens is 1. The van der Waals surface area contributed by atoms with Gasteiger partial charge in [0.05, 0.1) is 24.6 Å². The molecule has 29 heavy (non-hydrogen) atoms. The maximum absolute atomic E-state index is 13.2. The molecule has 1 aromatic heterocycles. The number of amides is 2. The predicted octanol–water partition coefficient (Wildman–Crippen LogP) is 1.62. The van der Waals surface area contributed by atoms with Gasteiger partial charge in [-0.3, -0.25) is 9.59 Å². The van der Waals surface area contributed by atoms with Crippen LogP contribution in [0.25, 0.3) is 0 Å². The van der Waals surface area contributed by atoms with Crippen molar-refractivity contribution in [2.75, 3.05) is 45.2 Å². The van der Waals surface area contributed by atoms with Crippen LogP contribution in [0.2, 0.25) is 0 Å².